The molecule has 3 aromatic rings. The number of nitrogens with one attached hydrogen (secondary N) is 2. The highest BCUT2D eigenvalue weighted by atomic mass is 16.1. The molecule has 0 amide bonds. The van der Waals surface area contributed by atoms with Crippen molar-refractivity contribution in [1.29, 1.82) is 0 Å². The van der Waals surface area contributed by atoms with Crippen LogP contribution in [0.1, 0.15) is 5.69 Å². The monoisotopic (exact) mass is 265 g/mol. The first kappa shape index (κ1) is 12.3. The Morgan fingerprint density at radius 1 is 0.950 bits per heavy atom. The van der Waals surface area contributed by atoms with Crippen molar-refractivity contribution in [2.24, 2.45) is 0 Å². The van der Waals surface area contributed by atoms with Crippen molar-refractivity contribution in [1.82, 2.24) is 9.78 Å². The predicted molar refractivity (Wildman–Crippen MR) is 80.9 cm³/mol. The zero-order valence-corrected chi connectivity index (χ0v) is 11.1. The topological polar surface area (TPSA) is 49.8 Å². The van der Waals surface area contributed by atoms with Crippen LogP contribution in [0.25, 0.3) is 5.69 Å². The Morgan fingerprint density at radius 2 is 1.55 bits per heavy atom. The van der Waals surface area contributed by atoms with E-state index in [4.69, 9.17) is 0 Å². The molecule has 2 aromatic carbocycles. The third-order valence-corrected chi connectivity index (χ3v) is 3.13. The molecule has 0 aliphatic carbocycles. The second-order valence-electron chi connectivity index (χ2n) is 4.58. The Balaban J connectivity index is 2.02. The fourth-order valence-electron chi connectivity index (χ4n) is 2.12. The number of aromatic nitrogens is 2. The molecule has 0 saturated carbocycles. The Hall–Kier alpha value is -2.75. The maximum Gasteiger partial charge on any atom is 0.295 e. The van der Waals surface area contributed by atoms with E-state index in [0.717, 1.165) is 17.1 Å². The first-order chi connectivity index (χ1) is 9.75. The maximum atomic E-state index is 12.5. The fourth-order valence-corrected chi connectivity index (χ4v) is 2.12. The third kappa shape index (κ3) is 2.23. The number of anilines is 2. The van der Waals surface area contributed by atoms with Crippen LogP contribution in [0, 0.1) is 6.92 Å². The largest absolute Gasteiger partial charge is 0.349 e. The van der Waals surface area contributed by atoms with Crippen molar-refractivity contribution >= 4 is 11.4 Å². The van der Waals surface area contributed by atoms with Gasteiger partial charge in [0.05, 0.1) is 11.4 Å². The van der Waals surface area contributed by atoms with Gasteiger partial charge in [0, 0.05) is 5.69 Å². The summed E-state index contributed by atoms with van der Waals surface area (Å²) in [4.78, 5) is 12.5. The van der Waals surface area contributed by atoms with Crippen LogP contribution in [-0.4, -0.2) is 9.78 Å². The Kier molecular flexibility index (Phi) is 3.13. The highest BCUT2D eigenvalue weighted by molar-refractivity contribution is 5.61. The molecule has 0 saturated heterocycles. The van der Waals surface area contributed by atoms with Crippen LogP contribution in [0.4, 0.5) is 11.4 Å². The van der Waals surface area contributed by atoms with Gasteiger partial charge in [-0.05, 0) is 31.2 Å². The number of nitrogens with zero attached hydrogens (tertiary/aromatic N) is 1. The Labute approximate surface area is 116 Å². The summed E-state index contributed by atoms with van der Waals surface area (Å²) in [5.41, 5.74) is 3.01. The minimum absolute atomic E-state index is 0.0856. The zero-order chi connectivity index (χ0) is 13.9. The molecule has 0 atom stereocenters. The van der Waals surface area contributed by atoms with E-state index in [1.54, 1.807) is 4.68 Å². The lowest BCUT2D eigenvalue weighted by Gasteiger charge is -2.02. The summed E-state index contributed by atoms with van der Waals surface area (Å²) in [6.45, 7) is 1.88. The number of hydrogen-bond donors (Lipinski definition) is 2. The van der Waals surface area contributed by atoms with E-state index in [2.05, 4.69) is 10.4 Å². The van der Waals surface area contributed by atoms with Gasteiger partial charge in [-0.25, -0.2) is 4.68 Å². The predicted octanol–water partition coefficient (Wildman–Crippen LogP) is 3.22. The van der Waals surface area contributed by atoms with Gasteiger partial charge in [-0.1, -0.05) is 36.4 Å². The van der Waals surface area contributed by atoms with Crippen LogP contribution in [0.3, 0.4) is 0 Å². The minimum Gasteiger partial charge on any atom is -0.349 e. The molecule has 3 rings (SSSR count). The zero-order valence-electron chi connectivity index (χ0n) is 11.1. The lowest BCUT2D eigenvalue weighted by molar-refractivity contribution is 0.835. The van der Waals surface area contributed by atoms with Gasteiger partial charge < -0.3 is 5.32 Å². The van der Waals surface area contributed by atoms with Gasteiger partial charge in [0.2, 0.25) is 0 Å². The molecule has 4 nitrogen and oxygen atoms in total. The number of hydrogen-bond acceptors (Lipinski definition) is 2. The molecule has 0 unspecified atom stereocenters. The molecule has 0 spiro atoms. The standard InChI is InChI=1S/C16H15N3O/c1-12-15(17-13-8-4-2-5-9-13)16(20)19(18-12)14-10-6-3-7-11-14/h2-11,17-18H,1H3. The molecule has 4 heteroatoms. The summed E-state index contributed by atoms with van der Waals surface area (Å²) in [5.74, 6) is 0. The summed E-state index contributed by atoms with van der Waals surface area (Å²) < 4.78 is 1.54. The SMILES string of the molecule is Cc1[nH]n(-c2ccccc2)c(=O)c1Nc1ccccc1. The van der Waals surface area contributed by atoms with Gasteiger partial charge in [0.25, 0.3) is 5.56 Å². The number of para-hydroxylation sites is 2. The van der Waals surface area contributed by atoms with Crippen LogP contribution in [0.5, 0.6) is 0 Å². The highest BCUT2D eigenvalue weighted by Crippen LogP contribution is 2.16. The van der Waals surface area contributed by atoms with Crippen LogP contribution in [0.15, 0.2) is 65.5 Å². The van der Waals surface area contributed by atoms with E-state index in [-0.39, 0.29) is 5.56 Å². The molecule has 0 fully saturated rings. The van der Waals surface area contributed by atoms with Crippen LogP contribution in [0.2, 0.25) is 0 Å². The quantitative estimate of drug-likeness (QED) is 0.764. The summed E-state index contributed by atoms with van der Waals surface area (Å²) in [7, 11) is 0. The first-order valence-electron chi connectivity index (χ1n) is 6.45. The van der Waals surface area contributed by atoms with E-state index < -0.39 is 0 Å². The number of H-pyrrole nitrogens is 1. The lowest BCUT2D eigenvalue weighted by atomic mass is 10.3. The van der Waals surface area contributed by atoms with Crippen molar-refractivity contribution in [3.63, 3.8) is 0 Å². The maximum absolute atomic E-state index is 12.5. The van der Waals surface area contributed by atoms with E-state index in [0.29, 0.717) is 5.69 Å². The van der Waals surface area contributed by atoms with E-state index in [1.807, 2.05) is 67.6 Å². The molecule has 1 heterocycles. The molecular weight excluding hydrogens is 250 g/mol. The molecular formula is C16H15N3O. The van der Waals surface area contributed by atoms with Crippen LogP contribution >= 0.6 is 0 Å². The fraction of sp³-hybridized carbons (Fsp3) is 0.0625. The van der Waals surface area contributed by atoms with Gasteiger partial charge in [-0.15, -0.1) is 0 Å². The highest BCUT2D eigenvalue weighted by Gasteiger charge is 2.12. The number of rotatable bonds is 3. The van der Waals surface area contributed by atoms with Crippen molar-refractivity contribution in [2.45, 2.75) is 6.92 Å². The average molecular weight is 265 g/mol. The van der Waals surface area contributed by atoms with E-state index >= 15 is 0 Å². The van der Waals surface area contributed by atoms with Crippen LogP contribution in [-0.2, 0) is 0 Å². The molecule has 0 radical (unpaired) electrons. The minimum atomic E-state index is -0.0856. The molecule has 100 valence electrons. The third-order valence-electron chi connectivity index (χ3n) is 3.13. The summed E-state index contributed by atoms with van der Waals surface area (Å²) >= 11 is 0. The normalized spacial score (nSPS) is 10.4. The summed E-state index contributed by atoms with van der Waals surface area (Å²) in [5, 5.41) is 6.26. The molecule has 2 N–H and O–H groups in total. The van der Waals surface area contributed by atoms with Crippen molar-refractivity contribution in [2.75, 3.05) is 5.32 Å². The molecule has 0 aliphatic rings. The number of aryl methyl sites for hydroxylation is 1. The first-order valence-corrected chi connectivity index (χ1v) is 6.45. The average Bonchev–Trinajstić information content (AvgIpc) is 2.77. The Morgan fingerprint density at radius 3 is 2.20 bits per heavy atom. The van der Waals surface area contributed by atoms with Crippen LogP contribution < -0.4 is 10.9 Å². The Bertz CT molecular complexity index is 757. The molecule has 1 aromatic heterocycles. The van der Waals surface area contributed by atoms with E-state index in [1.165, 1.54) is 0 Å². The second-order valence-corrected chi connectivity index (χ2v) is 4.58. The van der Waals surface area contributed by atoms with Gasteiger partial charge in [0.1, 0.15) is 5.69 Å². The lowest BCUT2D eigenvalue weighted by Crippen LogP contribution is -2.16. The molecule has 0 aliphatic heterocycles. The molecule has 20 heavy (non-hydrogen) atoms. The van der Waals surface area contributed by atoms with Crippen molar-refractivity contribution in [3.8, 4) is 5.69 Å². The van der Waals surface area contributed by atoms with Gasteiger partial charge in [0.15, 0.2) is 0 Å². The van der Waals surface area contributed by atoms with Crippen molar-refractivity contribution < 1.29 is 0 Å². The number of aromatic amines is 1. The van der Waals surface area contributed by atoms with Gasteiger partial charge in [-0.2, -0.15) is 0 Å². The van der Waals surface area contributed by atoms with Gasteiger partial charge in [-0.3, -0.25) is 9.89 Å². The van der Waals surface area contributed by atoms with Crippen molar-refractivity contribution in [3.05, 3.63) is 76.7 Å². The summed E-state index contributed by atoms with van der Waals surface area (Å²) in [6, 6.07) is 19.2. The van der Waals surface area contributed by atoms with Gasteiger partial charge >= 0.3 is 0 Å². The second kappa shape index (κ2) is 5.09. The van der Waals surface area contributed by atoms with E-state index in [9.17, 15) is 4.79 Å². The number of benzene rings is 2. The smallest absolute Gasteiger partial charge is 0.295 e. The molecule has 0 bridgehead atoms. The summed E-state index contributed by atoms with van der Waals surface area (Å²) in [6.07, 6.45) is 0.